The van der Waals surface area contributed by atoms with Gasteiger partial charge in [-0.15, -0.1) is 0 Å². The van der Waals surface area contributed by atoms with Gasteiger partial charge in [0.2, 0.25) is 11.8 Å². The lowest BCUT2D eigenvalue weighted by Crippen LogP contribution is -2.30. The number of rotatable bonds is 6. The Morgan fingerprint density at radius 1 is 0.611 bits per heavy atom. The van der Waals surface area contributed by atoms with Gasteiger partial charge >= 0.3 is 0 Å². The highest BCUT2D eigenvalue weighted by atomic mass is 35.5. The lowest BCUT2D eigenvalue weighted by Gasteiger charge is -2.31. The SMILES string of the molecule is Cc1cc(N2CCc3cc(F)ccc3C2)cc(Cl)c1NC(=O)CC(C)(C)C.Cc1cc(N2CCc3ccc(F)cc3C2)cc(Cl)c1NC(=O)CC(C)(C)C. The van der Waals surface area contributed by atoms with Crippen molar-refractivity contribution >= 4 is 57.8 Å². The van der Waals surface area contributed by atoms with Crippen LogP contribution < -0.4 is 20.4 Å². The van der Waals surface area contributed by atoms with Gasteiger partial charge in [-0.3, -0.25) is 9.59 Å². The van der Waals surface area contributed by atoms with Crippen molar-refractivity contribution in [3.8, 4) is 0 Å². The summed E-state index contributed by atoms with van der Waals surface area (Å²) >= 11 is 13.0. The number of carbonyl (C=O) groups excluding carboxylic acids is 2. The summed E-state index contributed by atoms with van der Waals surface area (Å²) in [6.45, 7) is 19.1. The molecule has 2 amide bonds. The van der Waals surface area contributed by atoms with Crippen molar-refractivity contribution in [1.29, 1.82) is 0 Å². The Morgan fingerprint density at radius 3 is 1.46 bits per heavy atom. The lowest BCUT2D eigenvalue weighted by molar-refractivity contribution is -0.118. The Morgan fingerprint density at radius 2 is 1.02 bits per heavy atom. The fourth-order valence-corrected chi connectivity index (χ4v) is 7.57. The van der Waals surface area contributed by atoms with Crippen LogP contribution >= 0.6 is 23.2 Å². The second-order valence-electron chi connectivity index (χ2n) is 17.0. The molecule has 2 N–H and O–H groups in total. The van der Waals surface area contributed by atoms with Crippen LogP contribution in [0.3, 0.4) is 0 Å². The first-order chi connectivity index (χ1) is 25.2. The highest BCUT2D eigenvalue weighted by molar-refractivity contribution is 6.34. The average molecular weight is 778 g/mol. The van der Waals surface area contributed by atoms with E-state index in [1.807, 2.05) is 91.8 Å². The van der Waals surface area contributed by atoms with E-state index < -0.39 is 0 Å². The van der Waals surface area contributed by atoms with E-state index in [2.05, 4.69) is 20.4 Å². The lowest BCUT2D eigenvalue weighted by atomic mass is 9.92. The van der Waals surface area contributed by atoms with Crippen LogP contribution in [0.15, 0.2) is 60.7 Å². The van der Waals surface area contributed by atoms with Crippen LogP contribution in [0.1, 0.15) is 87.8 Å². The number of aryl methyl sites for hydroxylation is 2. The molecule has 0 spiro atoms. The number of hydrogen-bond acceptors (Lipinski definition) is 4. The van der Waals surface area contributed by atoms with E-state index in [1.54, 1.807) is 12.1 Å². The first-order valence-corrected chi connectivity index (χ1v) is 19.2. The molecule has 0 aromatic heterocycles. The Balaban J connectivity index is 0.000000208. The third kappa shape index (κ3) is 11.0. The van der Waals surface area contributed by atoms with E-state index in [1.165, 1.54) is 17.7 Å². The highest BCUT2D eigenvalue weighted by Gasteiger charge is 2.23. The van der Waals surface area contributed by atoms with Crippen LogP contribution in [0.5, 0.6) is 0 Å². The van der Waals surface area contributed by atoms with Crippen LogP contribution in [-0.4, -0.2) is 24.9 Å². The highest BCUT2D eigenvalue weighted by Crippen LogP contribution is 2.36. The Labute approximate surface area is 329 Å². The number of hydrogen-bond donors (Lipinski definition) is 2. The minimum atomic E-state index is -0.207. The van der Waals surface area contributed by atoms with Gasteiger partial charge in [-0.2, -0.15) is 0 Å². The summed E-state index contributed by atoms with van der Waals surface area (Å²) in [6.07, 6.45) is 2.53. The molecule has 0 saturated heterocycles. The quantitative estimate of drug-likeness (QED) is 0.205. The molecule has 6 rings (SSSR count). The Kier molecular flexibility index (Phi) is 12.7. The van der Waals surface area contributed by atoms with Gasteiger partial charge in [-0.1, -0.05) is 76.9 Å². The molecule has 2 aliphatic heterocycles. The van der Waals surface area contributed by atoms with Crippen molar-refractivity contribution in [2.24, 2.45) is 10.8 Å². The van der Waals surface area contributed by atoms with Gasteiger partial charge in [0.05, 0.1) is 21.4 Å². The molecule has 54 heavy (non-hydrogen) atoms. The van der Waals surface area contributed by atoms with Crippen LogP contribution in [0, 0.1) is 36.3 Å². The van der Waals surface area contributed by atoms with E-state index >= 15 is 0 Å². The maximum absolute atomic E-state index is 13.6. The first kappa shape index (κ1) is 41.0. The van der Waals surface area contributed by atoms with E-state index in [4.69, 9.17) is 23.2 Å². The molecule has 0 saturated carbocycles. The van der Waals surface area contributed by atoms with Crippen molar-refractivity contribution in [3.63, 3.8) is 0 Å². The van der Waals surface area contributed by atoms with Gasteiger partial charge in [-0.25, -0.2) is 8.78 Å². The van der Waals surface area contributed by atoms with Gasteiger partial charge in [0, 0.05) is 50.4 Å². The summed E-state index contributed by atoms with van der Waals surface area (Å²) in [5, 5.41) is 6.97. The van der Waals surface area contributed by atoms with E-state index in [0.29, 0.717) is 40.8 Å². The van der Waals surface area contributed by atoms with E-state index in [9.17, 15) is 18.4 Å². The zero-order chi connectivity index (χ0) is 39.5. The number of carbonyl (C=O) groups is 2. The third-order valence-corrected chi connectivity index (χ3v) is 10.1. The van der Waals surface area contributed by atoms with E-state index in [-0.39, 0.29) is 34.3 Å². The smallest absolute Gasteiger partial charge is 0.224 e. The van der Waals surface area contributed by atoms with Crippen molar-refractivity contribution in [2.45, 2.75) is 94.2 Å². The molecular weight excluding hydrogens is 725 g/mol. The fraction of sp³-hybridized carbons (Fsp3) is 0.409. The summed E-state index contributed by atoms with van der Waals surface area (Å²) < 4.78 is 27.0. The van der Waals surface area contributed by atoms with Crippen LogP contribution in [0.2, 0.25) is 10.0 Å². The van der Waals surface area contributed by atoms with Crippen molar-refractivity contribution in [3.05, 3.63) is 116 Å². The molecule has 4 aromatic rings. The van der Waals surface area contributed by atoms with Crippen LogP contribution in [0.4, 0.5) is 31.5 Å². The molecule has 0 radical (unpaired) electrons. The Bertz CT molecular complexity index is 1990. The first-order valence-electron chi connectivity index (χ1n) is 18.5. The number of fused-ring (bicyclic) bond motifs is 2. The molecular formula is C44H52Cl2F2N4O2. The molecule has 2 heterocycles. The fourth-order valence-electron chi connectivity index (χ4n) is 6.95. The zero-order valence-electron chi connectivity index (χ0n) is 32.7. The zero-order valence-corrected chi connectivity index (χ0v) is 34.2. The normalized spacial score (nSPS) is 14.1. The second-order valence-corrected chi connectivity index (χ2v) is 17.8. The molecule has 288 valence electrons. The monoisotopic (exact) mass is 776 g/mol. The molecule has 0 aliphatic carbocycles. The number of benzene rings is 4. The molecule has 0 unspecified atom stereocenters. The minimum Gasteiger partial charge on any atom is -0.367 e. The molecule has 0 fully saturated rings. The van der Waals surface area contributed by atoms with Crippen LogP contribution in [-0.2, 0) is 35.5 Å². The van der Waals surface area contributed by atoms with Crippen LogP contribution in [0.25, 0.3) is 0 Å². The standard InChI is InChI=1S/2C22H26ClFN2O/c1-14-9-18(11-19(23)21(14)25-20(27)12-22(2,3)4)26-8-7-15-10-17(24)6-5-16(15)13-26;1-14-9-18(11-19(23)21(14)25-20(27)12-22(2,3)4)26-8-7-15-5-6-17(24)10-16(15)13-26/h2*5-6,9-11H,7-8,12-13H2,1-4H3,(H,25,27). The van der Waals surface area contributed by atoms with Crippen molar-refractivity contribution in [2.75, 3.05) is 33.5 Å². The Hall–Kier alpha value is -4.14. The molecule has 6 nitrogen and oxygen atoms in total. The van der Waals surface area contributed by atoms with Gasteiger partial charge in [0.1, 0.15) is 11.6 Å². The van der Waals surface area contributed by atoms with E-state index in [0.717, 1.165) is 71.7 Å². The minimum absolute atomic E-state index is 0.0332. The maximum atomic E-state index is 13.6. The van der Waals surface area contributed by atoms with Gasteiger partial charge in [0.25, 0.3) is 0 Å². The number of nitrogens with one attached hydrogen (secondary N) is 2. The van der Waals surface area contributed by atoms with Gasteiger partial charge in [-0.05, 0) is 119 Å². The van der Waals surface area contributed by atoms with Gasteiger partial charge in [0.15, 0.2) is 0 Å². The predicted octanol–water partition coefficient (Wildman–Crippen LogP) is 11.4. The third-order valence-electron chi connectivity index (χ3n) is 9.55. The average Bonchev–Trinajstić information content (AvgIpc) is 3.06. The number of anilines is 4. The second kappa shape index (κ2) is 16.7. The number of amides is 2. The van der Waals surface area contributed by atoms with Crippen molar-refractivity contribution in [1.82, 2.24) is 0 Å². The number of nitrogens with zero attached hydrogens (tertiary/aromatic N) is 2. The summed E-state index contributed by atoms with van der Waals surface area (Å²) in [4.78, 5) is 29.0. The molecule has 10 heteroatoms. The molecule has 0 atom stereocenters. The molecule has 4 aromatic carbocycles. The topological polar surface area (TPSA) is 64.7 Å². The maximum Gasteiger partial charge on any atom is 0.224 e. The van der Waals surface area contributed by atoms with Gasteiger partial charge < -0.3 is 20.4 Å². The van der Waals surface area contributed by atoms with Crippen molar-refractivity contribution < 1.29 is 18.4 Å². The number of halogens is 4. The molecule has 2 aliphatic rings. The largest absolute Gasteiger partial charge is 0.367 e. The molecule has 0 bridgehead atoms. The summed E-state index contributed by atoms with van der Waals surface area (Å²) in [6, 6.07) is 17.8. The summed E-state index contributed by atoms with van der Waals surface area (Å²) in [5.41, 5.74) is 9.45. The predicted molar refractivity (Wildman–Crippen MR) is 220 cm³/mol. The summed E-state index contributed by atoms with van der Waals surface area (Å²) in [5.74, 6) is -0.463. The summed E-state index contributed by atoms with van der Waals surface area (Å²) in [7, 11) is 0.